The van der Waals surface area contributed by atoms with Crippen LogP contribution in [0.5, 0.6) is 0 Å². The lowest BCUT2D eigenvalue weighted by Crippen LogP contribution is -2.21. The number of hydrazone groups is 1. The minimum atomic E-state index is -4.83. The monoisotopic (exact) mass is 550 g/mol. The summed E-state index contributed by atoms with van der Waals surface area (Å²) in [5.74, 6) is -1.76. The van der Waals surface area contributed by atoms with Gasteiger partial charge in [-0.15, -0.1) is 5.10 Å². The van der Waals surface area contributed by atoms with Crippen LogP contribution >= 0.6 is 0 Å². The van der Waals surface area contributed by atoms with Crippen molar-refractivity contribution in [3.8, 4) is 11.3 Å². The van der Waals surface area contributed by atoms with Gasteiger partial charge in [0.2, 0.25) is 5.91 Å². The zero-order valence-electron chi connectivity index (χ0n) is 19.4. The van der Waals surface area contributed by atoms with Crippen LogP contribution in [-0.4, -0.2) is 43.2 Å². The van der Waals surface area contributed by atoms with Gasteiger partial charge in [0.05, 0.1) is 23.7 Å². The van der Waals surface area contributed by atoms with E-state index < -0.39 is 47.7 Å². The van der Waals surface area contributed by atoms with E-state index in [1.54, 1.807) is 18.2 Å². The Balaban J connectivity index is 1.39. The highest BCUT2D eigenvalue weighted by atomic mass is 19.4. The van der Waals surface area contributed by atoms with E-state index in [0.29, 0.717) is 5.56 Å². The Kier molecular flexibility index (Phi) is 7.46. The highest BCUT2D eigenvalue weighted by Crippen LogP contribution is 2.38. The summed E-state index contributed by atoms with van der Waals surface area (Å²) < 4.78 is 79.2. The molecule has 0 atom stereocenters. The van der Waals surface area contributed by atoms with Crippen LogP contribution in [0.15, 0.2) is 65.9 Å². The Hall–Kier alpha value is -5.02. The average Bonchev–Trinajstić information content (AvgIpc) is 3.51. The van der Waals surface area contributed by atoms with Crippen molar-refractivity contribution < 1.29 is 35.9 Å². The highest BCUT2D eigenvalue weighted by molar-refractivity contribution is 5.96. The highest BCUT2D eigenvalue weighted by Gasteiger charge is 2.38. The van der Waals surface area contributed by atoms with E-state index in [1.165, 1.54) is 12.1 Å². The SMILES string of the molecule is O=C(Cn1cc(C(=O)N/N=C/c2ccc(C(F)(F)F)cc2)nn1)Nc1c(-c2ccccc2)n[nH]c1C(F)(F)F. The van der Waals surface area contributed by atoms with Crippen molar-refractivity contribution in [2.24, 2.45) is 5.10 Å². The summed E-state index contributed by atoms with van der Waals surface area (Å²) in [6.07, 6.45) is -7.16. The number of nitrogens with zero attached hydrogens (tertiary/aromatic N) is 5. The number of carbonyl (C=O) groups is 2. The van der Waals surface area contributed by atoms with Crippen LogP contribution in [0.1, 0.15) is 27.3 Å². The first-order valence-electron chi connectivity index (χ1n) is 10.8. The number of aromatic nitrogens is 5. The van der Waals surface area contributed by atoms with Crippen LogP contribution in [0.3, 0.4) is 0 Å². The maximum atomic E-state index is 13.5. The van der Waals surface area contributed by atoms with Crippen LogP contribution < -0.4 is 10.7 Å². The molecule has 39 heavy (non-hydrogen) atoms. The number of rotatable bonds is 7. The van der Waals surface area contributed by atoms with Gasteiger partial charge in [0, 0.05) is 5.56 Å². The van der Waals surface area contributed by atoms with E-state index in [1.807, 2.05) is 5.10 Å². The molecule has 4 rings (SSSR count). The van der Waals surface area contributed by atoms with Gasteiger partial charge in [-0.2, -0.15) is 36.5 Å². The van der Waals surface area contributed by atoms with Gasteiger partial charge in [-0.1, -0.05) is 47.7 Å². The Morgan fingerprint density at radius 3 is 2.31 bits per heavy atom. The third-order valence-electron chi connectivity index (χ3n) is 5.06. The molecule has 0 aliphatic rings. The number of carbonyl (C=O) groups excluding carboxylic acids is 2. The topological polar surface area (TPSA) is 130 Å². The largest absolute Gasteiger partial charge is 0.434 e. The molecule has 2 amide bonds. The van der Waals surface area contributed by atoms with Crippen molar-refractivity contribution in [1.29, 1.82) is 0 Å². The summed E-state index contributed by atoms with van der Waals surface area (Å²) >= 11 is 0. The van der Waals surface area contributed by atoms with Gasteiger partial charge in [0.15, 0.2) is 11.4 Å². The Morgan fingerprint density at radius 1 is 0.974 bits per heavy atom. The fourth-order valence-corrected chi connectivity index (χ4v) is 3.26. The van der Waals surface area contributed by atoms with Crippen molar-refractivity contribution in [2.75, 3.05) is 5.32 Å². The average molecular weight is 550 g/mol. The third kappa shape index (κ3) is 6.65. The maximum absolute atomic E-state index is 13.5. The van der Waals surface area contributed by atoms with Crippen molar-refractivity contribution in [2.45, 2.75) is 18.9 Å². The first-order chi connectivity index (χ1) is 18.4. The van der Waals surface area contributed by atoms with Gasteiger partial charge in [0.25, 0.3) is 5.91 Å². The predicted molar refractivity (Wildman–Crippen MR) is 124 cm³/mol. The van der Waals surface area contributed by atoms with Crippen LogP contribution in [-0.2, 0) is 23.7 Å². The summed E-state index contributed by atoms with van der Waals surface area (Å²) in [4.78, 5) is 24.7. The maximum Gasteiger partial charge on any atom is 0.434 e. The number of halogens is 6. The van der Waals surface area contributed by atoms with Gasteiger partial charge in [0.1, 0.15) is 12.2 Å². The quantitative estimate of drug-likeness (QED) is 0.181. The van der Waals surface area contributed by atoms with Gasteiger partial charge in [-0.05, 0) is 17.7 Å². The minimum Gasteiger partial charge on any atom is -0.321 e. The molecule has 0 spiro atoms. The number of nitrogens with one attached hydrogen (secondary N) is 3. The van der Waals surface area contributed by atoms with E-state index in [-0.39, 0.29) is 17.0 Å². The lowest BCUT2D eigenvalue weighted by Gasteiger charge is -2.10. The molecule has 0 saturated carbocycles. The third-order valence-corrected chi connectivity index (χ3v) is 5.06. The molecule has 3 N–H and O–H groups in total. The first-order valence-corrected chi connectivity index (χ1v) is 10.8. The molecule has 16 heteroatoms. The number of aromatic amines is 1. The molecule has 0 unspecified atom stereocenters. The molecule has 0 fully saturated rings. The van der Waals surface area contributed by atoms with Crippen molar-refractivity contribution in [3.05, 3.63) is 83.3 Å². The second-order valence-electron chi connectivity index (χ2n) is 7.85. The number of hydrogen-bond donors (Lipinski definition) is 3. The molecule has 0 aliphatic heterocycles. The van der Waals surface area contributed by atoms with E-state index in [9.17, 15) is 35.9 Å². The Morgan fingerprint density at radius 2 is 1.67 bits per heavy atom. The van der Waals surface area contributed by atoms with Crippen LogP contribution in [0.4, 0.5) is 32.0 Å². The van der Waals surface area contributed by atoms with Crippen LogP contribution in [0.25, 0.3) is 11.3 Å². The summed E-state index contributed by atoms with van der Waals surface area (Å²) in [6.45, 7) is -0.591. The molecule has 2 heterocycles. The fourth-order valence-electron chi connectivity index (χ4n) is 3.26. The molecule has 4 aromatic rings. The lowest BCUT2D eigenvalue weighted by molar-refractivity contribution is -0.140. The molecule has 0 bridgehead atoms. The molecule has 2 aromatic carbocycles. The zero-order chi connectivity index (χ0) is 28.2. The summed E-state index contributed by atoms with van der Waals surface area (Å²) in [7, 11) is 0. The fraction of sp³-hybridized carbons (Fsp3) is 0.130. The predicted octanol–water partition coefficient (Wildman–Crippen LogP) is 4.11. The molecule has 0 radical (unpaired) electrons. The number of anilines is 1. The van der Waals surface area contributed by atoms with Gasteiger partial charge in [-0.25, -0.2) is 10.1 Å². The molecule has 0 saturated heterocycles. The van der Waals surface area contributed by atoms with Gasteiger partial charge < -0.3 is 5.32 Å². The number of amides is 2. The van der Waals surface area contributed by atoms with Crippen LogP contribution in [0, 0.1) is 0 Å². The van der Waals surface area contributed by atoms with Gasteiger partial charge >= 0.3 is 12.4 Å². The standard InChI is InChI=1S/C23H16F6N8O2/c24-22(25,26)15-8-6-13(7-9-15)10-30-35-21(39)16-11-37(36-32-16)12-17(38)31-19-18(14-4-2-1-3-5-14)33-34-20(19)23(27,28)29/h1-11H,12H2,(H,31,38)(H,33,34)(H,35,39)/b30-10+. The second kappa shape index (κ2) is 10.8. The van der Waals surface area contributed by atoms with Crippen molar-refractivity contribution in [1.82, 2.24) is 30.6 Å². The smallest absolute Gasteiger partial charge is 0.321 e. The normalized spacial score (nSPS) is 12.1. The van der Waals surface area contributed by atoms with E-state index in [2.05, 4.69) is 31.3 Å². The Labute approximate surface area is 214 Å². The van der Waals surface area contributed by atoms with E-state index in [4.69, 9.17) is 0 Å². The Bertz CT molecular complexity index is 1490. The number of benzene rings is 2. The number of H-pyrrole nitrogens is 1. The number of hydrogen-bond acceptors (Lipinski definition) is 6. The molecule has 10 nitrogen and oxygen atoms in total. The van der Waals surface area contributed by atoms with Crippen molar-refractivity contribution in [3.63, 3.8) is 0 Å². The summed E-state index contributed by atoms with van der Waals surface area (Å²) in [5.41, 5.74) is -0.372. The van der Waals surface area contributed by atoms with Gasteiger partial charge in [-0.3, -0.25) is 14.7 Å². The number of alkyl halides is 6. The van der Waals surface area contributed by atoms with Crippen molar-refractivity contribution >= 4 is 23.7 Å². The van der Waals surface area contributed by atoms with E-state index >= 15 is 0 Å². The zero-order valence-corrected chi connectivity index (χ0v) is 19.4. The molecule has 2 aromatic heterocycles. The summed E-state index contributed by atoms with van der Waals surface area (Å²) in [6, 6.07) is 11.9. The summed E-state index contributed by atoms with van der Waals surface area (Å²) in [5, 5.41) is 18.6. The lowest BCUT2D eigenvalue weighted by atomic mass is 10.1. The van der Waals surface area contributed by atoms with Crippen LogP contribution in [0.2, 0.25) is 0 Å². The molecule has 0 aliphatic carbocycles. The molecular formula is C23H16F6N8O2. The first kappa shape index (κ1) is 27.0. The molecule has 202 valence electrons. The minimum absolute atomic E-state index is 0.124. The van der Waals surface area contributed by atoms with E-state index in [0.717, 1.165) is 41.4 Å². The second-order valence-corrected chi connectivity index (χ2v) is 7.85. The molecular weight excluding hydrogens is 534 g/mol.